The molecule has 0 aliphatic heterocycles. The molecule has 3 rings (SSSR count). The molecule has 0 amide bonds. The Morgan fingerprint density at radius 1 is 1.05 bits per heavy atom. The summed E-state index contributed by atoms with van der Waals surface area (Å²) in [4.78, 5) is 16.2. The number of rotatable bonds is 4. The fraction of sp³-hybridized carbons (Fsp3) is 0.143. The molecule has 0 bridgehead atoms. The third-order valence-corrected chi connectivity index (χ3v) is 3.40. The normalized spacial score (nSPS) is 10.7. The second-order valence-corrected chi connectivity index (χ2v) is 4.86. The van der Waals surface area contributed by atoms with Crippen molar-refractivity contribution < 1.29 is 0 Å². The smallest absolute Gasteiger partial charge is 0.265 e. The first kappa shape index (κ1) is 13.5. The van der Waals surface area contributed by atoms with E-state index in [1.807, 2.05) is 12.1 Å². The zero-order chi connectivity index (χ0) is 14.7. The molecular weight excluding hydrogens is 290 g/mol. The topological polar surface area (TPSA) is 65.6 Å². The molecule has 0 atom stereocenters. The van der Waals surface area contributed by atoms with Crippen LogP contribution in [-0.4, -0.2) is 24.8 Å². The monoisotopic (exact) mass is 301 g/mol. The summed E-state index contributed by atoms with van der Waals surface area (Å²) >= 11 is 6.07. The Balaban J connectivity index is 1.83. The van der Waals surface area contributed by atoms with Crippen LogP contribution < -0.4 is 5.69 Å². The van der Waals surface area contributed by atoms with E-state index in [0.29, 0.717) is 23.7 Å². The SMILES string of the molecule is O=c1n(CCc2ccncc2)nnn1-c1ccccc1Cl. The number of tetrazole rings is 1. The average molecular weight is 302 g/mol. The van der Waals surface area contributed by atoms with Crippen molar-refractivity contribution in [3.8, 4) is 5.69 Å². The molecular formula is C14H12ClN5O. The van der Waals surface area contributed by atoms with E-state index in [4.69, 9.17) is 11.6 Å². The zero-order valence-corrected chi connectivity index (χ0v) is 11.8. The lowest BCUT2D eigenvalue weighted by molar-refractivity contribution is 0.573. The molecule has 21 heavy (non-hydrogen) atoms. The van der Waals surface area contributed by atoms with Crippen LogP contribution in [0.25, 0.3) is 5.69 Å². The fourth-order valence-electron chi connectivity index (χ4n) is 1.97. The number of benzene rings is 1. The van der Waals surface area contributed by atoms with Gasteiger partial charge in [-0.15, -0.1) is 0 Å². The Kier molecular flexibility index (Phi) is 3.79. The highest BCUT2D eigenvalue weighted by Gasteiger charge is 2.11. The van der Waals surface area contributed by atoms with Gasteiger partial charge in [0.25, 0.3) is 0 Å². The average Bonchev–Trinajstić information content (AvgIpc) is 2.88. The van der Waals surface area contributed by atoms with Gasteiger partial charge in [0, 0.05) is 12.4 Å². The maximum Gasteiger partial charge on any atom is 0.368 e. The Morgan fingerprint density at radius 2 is 1.81 bits per heavy atom. The predicted octanol–water partition coefficient (Wildman–Crippen LogP) is 1.72. The van der Waals surface area contributed by atoms with Gasteiger partial charge in [-0.1, -0.05) is 23.7 Å². The van der Waals surface area contributed by atoms with Gasteiger partial charge >= 0.3 is 5.69 Å². The van der Waals surface area contributed by atoms with Crippen LogP contribution in [0, 0.1) is 0 Å². The summed E-state index contributed by atoms with van der Waals surface area (Å²) < 4.78 is 2.53. The largest absolute Gasteiger partial charge is 0.368 e. The van der Waals surface area contributed by atoms with Crippen LogP contribution >= 0.6 is 11.6 Å². The van der Waals surface area contributed by atoms with E-state index in [1.165, 1.54) is 9.36 Å². The Bertz CT molecular complexity index is 796. The lowest BCUT2D eigenvalue weighted by Crippen LogP contribution is -2.25. The molecule has 2 aromatic heterocycles. The van der Waals surface area contributed by atoms with E-state index in [9.17, 15) is 4.79 Å². The lowest BCUT2D eigenvalue weighted by atomic mass is 10.2. The summed E-state index contributed by atoms with van der Waals surface area (Å²) in [7, 11) is 0. The van der Waals surface area contributed by atoms with Crippen LogP contribution in [-0.2, 0) is 13.0 Å². The summed E-state index contributed by atoms with van der Waals surface area (Å²) in [5.41, 5.74) is 1.31. The molecule has 1 aromatic carbocycles. The Hall–Kier alpha value is -2.47. The number of halogens is 1. The summed E-state index contributed by atoms with van der Waals surface area (Å²) in [5.74, 6) is 0. The van der Waals surface area contributed by atoms with E-state index in [-0.39, 0.29) is 5.69 Å². The molecule has 2 heterocycles. The summed E-state index contributed by atoms with van der Waals surface area (Å²) in [6.07, 6.45) is 4.13. The zero-order valence-electron chi connectivity index (χ0n) is 11.1. The molecule has 0 aliphatic rings. The van der Waals surface area contributed by atoms with Crippen LogP contribution in [0.15, 0.2) is 53.6 Å². The van der Waals surface area contributed by atoms with Gasteiger partial charge in [0.1, 0.15) is 0 Å². The standard InChI is InChI=1S/C14H12ClN5O/c15-12-3-1-2-4-13(12)20-14(21)19(17-18-20)10-7-11-5-8-16-9-6-11/h1-6,8-9H,7,10H2. The number of hydrogen-bond donors (Lipinski definition) is 0. The molecule has 0 saturated carbocycles. The van der Waals surface area contributed by atoms with Crippen LogP contribution in [0.4, 0.5) is 0 Å². The van der Waals surface area contributed by atoms with E-state index < -0.39 is 0 Å². The predicted molar refractivity (Wildman–Crippen MR) is 78.6 cm³/mol. The number of aryl methyl sites for hydroxylation is 2. The molecule has 0 fully saturated rings. The lowest BCUT2D eigenvalue weighted by Gasteiger charge is -2.01. The molecule has 3 aromatic rings. The van der Waals surface area contributed by atoms with Crippen LogP contribution in [0.2, 0.25) is 5.02 Å². The highest BCUT2D eigenvalue weighted by atomic mass is 35.5. The molecule has 106 valence electrons. The number of nitrogens with zero attached hydrogens (tertiary/aromatic N) is 5. The molecule has 0 aliphatic carbocycles. The second-order valence-electron chi connectivity index (χ2n) is 4.45. The van der Waals surface area contributed by atoms with Gasteiger partial charge in [-0.25, -0.2) is 4.79 Å². The minimum absolute atomic E-state index is 0.308. The van der Waals surface area contributed by atoms with Gasteiger partial charge in [-0.3, -0.25) is 4.98 Å². The van der Waals surface area contributed by atoms with E-state index in [2.05, 4.69) is 15.4 Å². The van der Waals surface area contributed by atoms with Crippen LogP contribution in [0.5, 0.6) is 0 Å². The number of para-hydroxylation sites is 1. The second kappa shape index (κ2) is 5.88. The maximum absolute atomic E-state index is 12.3. The molecule has 7 heteroatoms. The molecule has 0 saturated heterocycles. The van der Waals surface area contributed by atoms with Gasteiger partial charge in [0.05, 0.1) is 17.3 Å². The third-order valence-electron chi connectivity index (χ3n) is 3.08. The van der Waals surface area contributed by atoms with Crippen molar-refractivity contribution in [2.45, 2.75) is 13.0 Å². The minimum Gasteiger partial charge on any atom is -0.265 e. The van der Waals surface area contributed by atoms with Crippen molar-refractivity contribution in [2.24, 2.45) is 0 Å². The van der Waals surface area contributed by atoms with Crippen molar-refractivity contribution >= 4 is 11.6 Å². The van der Waals surface area contributed by atoms with E-state index in [0.717, 1.165) is 5.56 Å². The highest BCUT2D eigenvalue weighted by molar-refractivity contribution is 6.32. The van der Waals surface area contributed by atoms with E-state index in [1.54, 1.807) is 36.7 Å². The van der Waals surface area contributed by atoms with Crippen molar-refractivity contribution in [3.05, 3.63) is 69.9 Å². The van der Waals surface area contributed by atoms with E-state index >= 15 is 0 Å². The van der Waals surface area contributed by atoms with Gasteiger partial charge in [-0.2, -0.15) is 9.36 Å². The van der Waals surface area contributed by atoms with Gasteiger partial charge in [0.2, 0.25) is 0 Å². The summed E-state index contributed by atoms with van der Waals surface area (Å²) in [5, 5.41) is 8.23. The van der Waals surface area contributed by atoms with Gasteiger partial charge < -0.3 is 0 Å². The molecule has 0 radical (unpaired) electrons. The number of aromatic nitrogens is 5. The van der Waals surface area contributed by atoms with Crippen LogP contribution in [0.1, 0.15) is 5.56 Å². The first-order chi connectivity index (χ1) is 10.3. The van der Waals surface area contributed by atoms with Gasteiger partial charge in [0.15, 0.2) is 0 Å². The Morgan fingerprint density at radius 3 is 2.57 bits per heavy atom. The minimum atomic E-state index is -0.308. The van der Waals surface area contributed by atoms with Crippen molar-refractivity contribution in [2.75, 3.05) is 0 Å². The third kappa shape index (κ3) is 2.85. The van der Waals surface area contributed by atoms with Crippen molar-refractivity contribution in [1.29, 1.82) is 0 Å². The molecule has 6 nitrogen and oxygen atoms in total. The molecule has 0 N–H and O–H groups in total. The number of pyridine rings is 1. The van der Waals surface area contributed by atoms with Crippen LogP contribution in [0.3, 0.4) is 0 Å². The fourth-order valence-corrected chi connectivity index (χ4v) is 2.19. The maximum atomic E-state index is 12.3. The van der Waals surface area contributed by atoms with Crippen molar-refractivity contribution in [3.63, 3.8) is 0 Å². The first-order valence-corrected chi connectivity index (χ1v) is 6.80. The molecule has 0 unspecified atom stereocenters. The quantitative estimate of drug-likeness (QED) is 0.736. The van der Waals surface area contributed by atoms with Crippen molar-refractivity contribution in [1.82, 2.24) is 24.8 Å². The molecule has 0 spiro atoms. The van der Waals surface area contributed by atoms with Gasteiger partial charge in [-0.05, 0) is 46.7 Å². The highest BCUT2D eigenvalue weighted by Crippen LogP contribution is 2.16. The summed E-state index contributed by atoms with van der Waals surface area (Å²) in [6, 6.07) is 10.8. The number of hydrogen-bond acceptors (Lipinski definition) is 4. The Labute approximate surface area is 125 Å². The summed E-state index contributed by atoms with van der Waals surface area (Å²) in [6.45, 7) is 0.452. The first-order valence-electron chi connectivity index (χ1n) is 6.42.